The number of hydrogen-bond acceptors (Lipinski definition) is 6. The third-order valence-corrected chi connectivity index (χ3v) is 3.61. The Kier molecular flexibility index (Phi) is 3.89. The van der Waals surface area contributed by atoms with Gasteiger partial charge in [-0.2, -0.15) is 4.37 Å². The quantitative estimate of drug-likeness (QED) is 0.752. The lowest BCUT2D eigenvalue weighted by atomic mass is 10.2. The van der Waals surface area contributed by atoms with Gasteiger partial charge in [0.15, 0.2) is 0 Å². The van der Waals surface area contributed by atoms with E-state index in [0.717, 1.165) is 28.6 Å². The van der Waals surface area contributed by atoms with E-state index in [2.05, 4.69) is 31.8 Å². The van der Waals surface area contributed by atoms with Gasteiger partial charge in [0.2, 0.25) is 5.13 Å². The highest BCUT2D eigenvalue weighted by molar-refractivity contribution is 7.09. The molecule has 0 aliphatic carbocycles. The van der Waals surface area contributed by atoms with Gasteiger partial charge in [-0.25, -0.2) is 9.97 Å². The van der Waals surface area contributed by atoms with Gasteiger partial charge in [-0.15, -0.1) is 0 Å². The van der Waals surface area contributed by atoms with Gasteiger partial charge in [-0.3, -0.25) is 0 Å². The van der Waals surface area contributed by atoms with Crippen LogP contribution in [0.1, 0.15) is 11.4 Å². The fourth-order valence-electron chi connectivity index (χ4n) is 1.86. The number of anilines is 1. The van der Waals surface area contributed by atoms with Gasteiger partial charge < -0.3 is 14.5 Å². The molecule has 3 aromatic rings. The highest BCUT2D eigenvalue weighted by atomic mass is 32.1. The third-order valence-electron chi connectivity index (χ3n) is 2.90. The van der Waals surface area contributed by atoms with E-state index >= 15 is 0 Å². The summed E-state index contributed by atoms with van der Waals surface area (Å²) < 4.78 is 11.3. The molecule has 3 aromatic heterocycles. The van der Waals surface area contributed by atoms with E-state index < -0.39 is 0 Å². The Labute approximate surface area is 120 Å². The molecule has 3 heterocycles. The Balaban J connectivity index is 1.62. The first-order chi connectivity index (χ1) is 9.85. The van der Waals surface area contributed by atoms with Gasteiger partial charge >= 0.3 is 0 Å². The highest BCUT2D eigenvalue weighted by Gasteiger charge is 2.04. The number of nitrogens with zero attached hydrogens (tertiary/aromatic N) is 4. The van der Waals surface area contributed by atoms with Crippen LogP contribution in [0.3, 0.4) is 0 Å². The summed E-state index contributed by atoms with van der Waals surface area (Å²) in [7, 11) is 1.68. The summed E-state index contributed by atoms with van der Waals surface area (Å²) in [4.78, 5) is 8.68. The molecule has 0 bridgehead atoms. The summed E-state index contributed by atoms with van der Waals surface area (Å²) in [6.45, 7) is 1.36. The molecule has 20 heavy (non-hydrogen) atoms. The molecule has 0 atom stereocenters. The van der Waals surface area contributed by atoms with Crippen LogP contribution in [0.4, 0.5) is 5.13 Å². The van der Waals surface area contributed by atoms with Crippen LogP contribution in [-0.2, 0) is 17.7 Å². The maximum atomic E-state index is 5.01. The van der Waals surface area contributed by atoms with E-state index in [9.17, 15) is 0 Å². The Morgan fingerprint density at radius 3 is 3.25 bits per heavy atom. The van der Waals surface area contributed by atoms with Gasteiger partial charge in [0.05, 0.1) is 6.61 Å². The second-order valence-corrected chi connectivity index (χ2v) is 5.09. The summed E-state index contributed by atoms with van der Waals surface area (Å²) in [6.07, 6.45) is 6.47. The number of hydrogen-bond donors (Lipinski definition) is 1. The second kappa shape index (κ2) is 5.98. The molecular formula is C13H15N5OS. The molecule has 0 saturated carbocycles. The van der Waals surface area contributed by atoms with E-state index in [-0.39, 0.29) is 0 Å². The number of pyridine rings is 1. The number of fused-ring (bicyclic) bond motifs is 1. The molecule has 0 fully saturated rings. The first kappa shape index (κ1) is 13.0. The number of ether oxygens (including phenoxy) is 1. The number of nitrogens with one attached hydrogen (secondary N) is 1. The van der Waals surface area contributed by atoms with E-state index in [4.69, 9.17) is 4.74 Å². The van der Waals surface area contributed by atoms with Crippen molar-refractivity contribution in [2.75, 3.05) is 19.0 Å². The highest BCUT2D eigenvalue weighted by Crippen LogP contribution is 2.13. The minimum Gasteiger partial charge on any atom is -0.384 e. The molecule has 3 rings (SSSR count). The molecule has 0 aromatic carbocycles. The van der Waals surface area contributed by atoms with E-state index in [1.807, 2.05) is 16.8 Å². The van der Waals surface area contributed by atoms with Gasteiger partial charge in [0, 0.05) is 50.2 Å². The predicted octanol–water partition coefficient (Wildman–Crippen LogP) is 1.99. The fraction of sp³-hybridized carbons (Fsp3) is 0.308. The van der Waals surface area contributed by atoms with Gasteiger partial charge in [0.25, 0.3) is 0 Å². The third kappa shape index (κ3) is 2.94. The van der Waals surface area contributed by atoms with Gasteiger partial charge in [-0.05, 0) is 17.7 Å². The molecule has 0 saturated heterocycles. The average Bonchev–Trinajstić information content (AvgIpc) is 3.11. The lowest BCUT2D eigenvalue weighted by Crippen LogP contribution is -2.01. The minimum atomic E-state index is 0.646. The van der Waals surface area contributed by atoms with Crippen LogP contribution in [0, 0.1) is 0 Å². The summed E-state index contributed by atoms with van der Waals surface area (Å²) in [5.74, 6) is 0.822. The molecule has 0 aliphatic rings. The molecular weight excluding hydrogens is 274 g/mol. The fourth-order valence-corrected chi connectivity index (χ4v) is 2.47. The predicted molar refractivity (Wildman–Crippen MR) is 78.0 cm³/mol. The van der Waals surface area contributed by atoms with Gasteiger partial charge in [-0.1, -0.05) is 0 Å². The minimum absolute atomic E-state index is 0.646. The first-order valence-corrected chi connectivity index (χ1v) is 7.09. The maximum Gasteiger partial charge on any atom is 0.202 e. The first-order valence-electron chi connectivity index (χ1n) is 6.32. The van der Waals surface area contributed by atoms with E-state index in [0.29, 0.717) is 13.2 Å². The van der Waals surface area contributed by atoms with Crippen LogP contribution in [0.5, 0.6) is 0 Å². The van der Waals surface area contributed by atoms with Crippen molar-refractivity contribution in [2.24, 2.45) is 0 Å². The monoisotopic (exact) mass is 289 g/mol. The van der Waals surface area contributed by atoms with Crippen LogP contribution < -0.4 is 5.32 Å². The Hall–Kier alpha value is -1.99. The van der Waals surface area contributed by atoms with Crippen molar-refractivity contribution >= 4 is 22.3 Å². The van der Waals surface area contributed by atoms with Crippen LogP contribution in [-0.4, -0.2) is 32.5 Å². The van der Waals surface area contributed by atoms with Crippen molar-refractivity contribution in [3.05, 3.63) is 42.1 Å². The number of imidazole rings is 1. The van der Waals surface area contributed by atoms with Crippen LogP contribution >= 0.6 is 11.5 Å². The zero-order chi connectivity index (χ0) is 13.8. The second-order valence-electron chi connectivity index (χ2n) is 4.34. The topological polar surface area (TPSA) is 64.3 Å². The molecule has 0 radical (unpaired) electrons. The Bertz CT molecular complexity index is 693. The summed E-state index contributed by atoms with van der Waals surface area (Å²) in [5.41, 5.74) is 2.11. The van der Waals surface area contributed by atoms with Crippen LogP contribution in [0.2, 0.25) is 0 Å². The molecule has 0 spiro atoms. The Morgan fingerprint density at radius 1 is 1.40 bits per heavy atom. The van der Waals surface area contributed by atoms with Crippen molar-refractivity contribution in [3.8, 4) is 0 Å². The number of aromatic nitrogens is 4. The maximum absolute atomic E-state index is 5.01. The Morgan fingerprint density at radius 2 is 2.35 bits per heavy atom. The van der Waals surface area contributed by atoms with Crippen molar-refractivity contribution < 1.29 is 4.74 Å². The molecule has 0 amide bonds. The molecule has 104 valence electrons. The van der Waals surface area contributed by atoms with Crippen LogP contribution in [0.15, 0.2) is 30.7 Å². The molecule has 1 N–H and O–H groups in total. The van der Waals surface area contributed by atoms with Gasteiger partial charge in [0.1, 0.15) is 11.5 Å². The molecule has 6 nitrogen and oxygen atoms in total. The molecule has 7 heteroatoms. The number of methoxy groups -OCH3 is 1. The summed E-state index contributed by atoms with van der Waals surface area (Å²) >= 11 is 1.38. The normalized spacial score (nSPS) is 11.1. The summed E-state index contributed by atoms with van der Waals surface area (Å²) in [6, 6.07) is 4.12. The largest absolute Gasteiger partial charge is 0.384 e. The van der Waals surface area contributed by atoms with Crippen molar-refractivity contribution in [3.63, 3.8) is 0 Å². The van der Waals surface area contributed by atoms with Crippen molar-refractivity contribution in [1.29, 1.82) is 0 Å². The van der Waals surface area contributed by atoms with E-state index in [1.165, 1.54) is 11.5 Å². The zero-order valence-electron chi connectivity index (χ0n) is 11.1. The number of rotatable bonds is 6. The standard InChI is InChI=1S/C13H15N5OS/c1-19-7-3-11-16-13(20-17-11)15-9-10-2-5-18-6-4-14-12(18)8-10/h2,4-6,8H,3,7,9H2,1H3,(H,15,16,17). The van der Waals surface area contributed by atoms with Crippen LogP contribution in [0.25, 0.3) is 5.65 Å². The lowest BCUT2D eigenvalue weighted by molar-refractivity contribution is 0.201. The lowest BCUT2D eigenvalue weighted by Gasteiger charge is -2.03. The van der Waals surface area contributed by atoms with Crippen molar-refractivity contribution in [2.45, 2.75) is 13.0 Å². The summed E-state index contributed by atoms with van der Waals surface area (Å²) in [5, 5.41) is 4.11. The van der Waals surface area contributed by atoms with Crippen molar-refractivity contribution in [1.82, 2.24) is 18.7 Å². The average molecular weight is 289 g/mol. The smallest absolute Gasteiger partial charge is 0.202 e. The van der Waals surface area contributed by atoms with E-state index in [1.54, 1.807) is 13.3 Å². The SMILES string of the molecule is COCCc1nsc(NCc2ccn3ccnc3c2)n1. The zero-order valence-corrected chi connectivity index (χ0v) is 11.9. The molecule has 0 aliphatic heterocycles. The molecule has 0 unspecified atom stereocenters.